The number of halogens is 2. The molecule has 5 heteroatoms. The van der Waals surface area contributed by atoms with Crippen LogP contribution in [0, 0.1) is 13.8 Å². The number of hydrogen-bond acceptors (Lipinski definition) is 3. The normalized spacial score (nSPS) is 12.0. The fraction of sp³-hybridized carbons (Fsp3) is 0.294. The third-order valence-electron chi connectivity index (χ3n) is 3.22. The molecule has 0 bridgehead atoms. The largest absolute Gasteiger partial charge is 0.456 e. The molecule has 118 valence electrons. The molecule has 2 rings (SSSR count). The zero-order valence-corrected chi connectivity index (χ0v) is 14.1. The van der Waals surface area contributed by atoms with Crippen molar-refractivity contribution in [3.8, 4) is 11.5 Å². The van der Waals surface area contributed by atoms with Crippen molar-refractivity contribution in [3.63, 3.8) is 0 Å². The van der Waals surface area contributed by atoms with Crippen molar-refractivity contribution >= 4 is 28.9 Å². The van der Waals surface area contributed by atoms with Crippen LogP contribution in [0.4, 0.5) is 5.69 Å². The number of anilines is 1. The maximum Gasteiger partial charge on any atom is 0.146 e. The second-order valence-corrected chi connectivity index (χ2v) is 5.92. The highest BCUT2D eigenvalue weighted by atomic mass is 35.5. The number of aliphatic hydroxyl groups is 1. The maximum absolute atomic E-state index is 9.44. The van der Waals surface area contributed by atoms with Gasteiger partial charge in [0, 0.05) is 12.2 Å². The van der Waals surface area contributed by atoms with Gasteiger partial charge in [0.1, 0.15) is 11.5 Å². The van der Waals surface area contributed by atoms with Crippen molar-refractivity contribution in [1.29, 1.82) is 0 Å². The first kappa shape index (κ1) is 16.9. The monoisotopic (exact) mass is 339 g/mol. The summed E-state index contributed by atoms with van der Waals surface area (Å²) in [6, 6.07) is 11.5. The molecule has 0 heterocycles. The van der Waals surface area contributed by atoms with Gasteiger partial charge in [-0.15, -0.1) is 11.6 Å². The molecule has 0 aliphatic heterocycles. The Morgan fingerprint density at radius 2 is 1.91 bits per heavy atom. The first-order chi connectivity index (χ1) is 10.5. The first-order valence-electron chi connectivity index (χ1n) is 7.02. The van der Waals surface area contributed by atoms with E-state index in [0.29, 0.717) is 17.3 Å². The van der Waals surface area contributed by atoms with Gasteiger partial charge in [-0.2, -0.15) is 0 Å². The molecule has 0 aliphatic rings. The molecule has 0 saturated carbocycles. The lowest BCUT2D eigenvalue weighted by Gasteiger charge is -2.13. The number of alkyl halides is 1. The van der Waals surface area contributed by atoms with Crippen LogP contribution in [-0.4, -0.2) is 23.6 Å². The van der Waals surface area contributed by atoms with Gasteiger partial charge in [-0.1, -0.05) is 23.7 Å². The first-order valence-corrected chi connectivity index (χ1v) is 7.93. The topological polar surface area (TPSA) is 41.5 Å². The molecule has 0 saturated heterocycles. The molecule has 3 nitrogen and oxygen atoms in total. The minimum absolute atomic E-state index is 0.189. The summed E-state index contributed by atoms with van der Waals surface area (Å²) in [4.78, 5) is 0. The molecule has 0 radical (unpaired) electrons. The molecule has 1 unspecified atom stereocenters. The van der Waals surface area contributed by atoms with E-state index in [9.17, 15) is 5.11 Å². The van der Waals surface area contributed by atoms with Crippen LogP contribution in [0.15, 0.2) is 36.4 Å². The lowest BCUT2D eigenvalue weighted by molar-refractivity contribution is 0.211. The number of aryl methyl sites for hydroxylation is 2. The fourth-order valence-corrected chi connectivity index (χ4v) is 2.25. The van der Waals surface area contributed by atoms with Gasteiger partial charge in [0.05, 0.1) is 17.0 Å². The third-order valence-corrected chi connectivity index (χ3v) is 3.87. The molecule has 0 aliphatic carbocycles. The molecule has 2 N–H and O–H groups in total. The summed E-state index contributed by atoms with van der Waals surface area (Å²) in [5, 5.41) is 13.0. The number of aliphatic hydroxyl groups excluding tert-OH is 1. The van der Waals surface area contributed by atoms with Gasteiger partial charge in [-0.25, -0.2) is 0 Å². The fourth-order valence-electron chi connectivity index (χ4n) is 1.92. The average Bonchev–Trinajstić information content (AvgIpc) is 2.50. The van der Waals surface area contributed by atoms with E-state index in [2.05, 4.69) is 5.32 Å². The molecule has 0 aromatic heterocycles. The Morgan fingerprint density at radius 1 is 1.14 bits per heavy atom. The van der Waals surface area contributed by atoms with E-state index in [-0.39, 0.29) is 5.88 Å². The molecule has 22 heavy (non-hydrogen) atoms. The Balaban J connectivity index is 2.11. The molecule has 0 amide bonds. The second-order valence-electron chi connectivity index (χ2n) is 5.21. The van der Waals surface area contributed by atoms with Crippen molar-refractivity contribution < 1.29 is 9.84 Å². The predicted octanol–water partition coefficient (Wildman–Crippen LogP) is 4.76. The molecule has 2 aromatic carbocycles. The van der Waals surface area contributed by atoms with E-state index in [1.807, 2.05) is 38.1 Å². The number of nitrogens with one attached hydrogen (secondary N) is 1. The van der Waals surface area contributed by atoms with E-state index in [1.54, 1.807) is 12.1 Å². The average molecular weight is 340 g/mol. The minimum atomic E-state index is -0.591. The maximum atomic E-state index is 9.44. The van der Waals surface area contributed by atoms with Crippen LogP contribution in [0.25, 0.3) is 0 Å². The standard InChI is InChI=1S/C17H19Cl2NO2/c1-11-3-4-12(2)17(7-11)22-16-6-5-13(8-15(16)19)20-10-14(21)9-18/h3-8,14,20-21H,9-10H2,1-2H3. The Morgan fingerprint density at radius 3 is 2.59 bits per heavy atom. The summed E-state index contributed by atoms with van der Waals surface area (Å²) in [7, 11) is 0. The molecular formula is C17H19Cl2NO2. The van der Waals surface area contributed by atoms with Gasteiger partial charge in [0.25, 0.3) is 0 Å². The quantitative estimate of drug-likeness (QED) is 0.745. The lowest BCUT2D eigenvalue weighted by Crippen LogP contribution is -2.20. The van der Waals surface area contributed by atoms with Crippen molar-refractivity contribution in [2.24, 2.45) is 0 Å². The molecule has 2 aromatic rings. The molecule has 0 spiro atoms. The Hall–Kier alpha value is -1.42. The van der Waals surface area contributed by atoms with Crippen LogP contribution in [0.2, 0.25) is 5.02 Å². The van der Waals surface area contributed by atoms with Crippen LogP contribution in [0.3, 0.4) is 0 Å². The molecular weight excluding hydrogens is 321 g/mol. The van der Waals surface area contributed by atoms with Crippen molar-refractivity contribution in [3.05, 3.63) is 52.5 Å². The van der Waals surface area contributed by atoms with E-state index in [0.717, 1.165) is 22.6 Å². The van der Waals surface area contributed by atoms with Gasteiger partial charge in [0.15, 0.2) is 0 Å². The van der Waals surface area contributed by atoms with Gasteiger partial charge in [-0.3, -0.25) is 0 Å². The van der Waals surface area contributed by atoms with E-state index in [4.69, 9.17) is 27.9 Å². The number of benzene rings is 2. The van der Waals surface area contributed by atoms with Crippen molar-refractivity contribution in [2.45, 2.75) is 20.0 Å². The van der Waals surface area contributed by atoms with Crippen LogP contribution in [0.1, 0.15) is 11.1 Å². The van der Waals surface area contributed by atoms with Crippen LogP contribution < -0.4 is 10.1 Å². The summed E-state index contributed by atoms with van der Waals surface area (Å²) in [5.74, 6) is 1.58. The van der Waals surface area contributed by atoms with Crippen molar-refractivity contribution in [2.75, 3.05) is 17.7 Å². The zero-order chi connectivity index (χ0) is 16.1. The highest BCUT2D eigenvalue weighted by Crippen LogP contribution is 2.33. The Kier molecular flexibility index (Phi) is 5.95. The van der Waals surface area contributed by atoms with Crippen LogP contribution in [0.5, 0.6) is 11.5 Å². The summed E-state index contributed by atoms with van der Waals surface area (Å²) in [5.41, 5.74) is 2.99. The van der Waals surface area contributed by atoms with Gasteiger partial charge >= 0.3 is 0 Å². The molecule has 0 fully saturated rings. The van der Waals surface area contributed by atoms with E-state index < -0.39 is 6.10 Å². The van der Waals surface area contributed by atoms with Crippen LogP contribution in [-0.2, 0) is 0 Å². The smallest absolute Gasteiger partial charge is 0.146 e. The zero-order valence-electron chi connectivity index (χ0n) is 12.6. The highest BCUT2D eigenvalue weighted by Gasteiger charge is 2.08. The van der Waals surface area contributed by atoms with E-state index >= 15 is 0 Å². The SMILES string of the molecule is Cc1ccc(C)c(Oc2ccc(NCC(O)CCl)cc2Cl)c1. The number of hydrogen-bond donors (Lipinski definition) is 2. The Labute approximate surface area is 140 Å². The lowest BCUT2D eigenvalue weighted by atomic mass is 10.1. The molecule has 1 atom stereocenters. The van der Waals surface area contributed by atoms with Gasteiger partial charge < -0.3 is 15.2 Å². The van der Waals surface area contributed by atoms with Gasteiger partial charge in [0.2, 0.25) is 0 Å². The summed E-state index contributed by atoms with van der Waals surface area (Å²) >= 11 is 11.8. The number of ether oxygens (including phenoxy) is 1. The minimum Gasteiger partial charge on any atom is -0.456 e. The third kappa shape index (κ3) is 4.54. The highest BCUT2D eigenvalue weighted by molar-refractivity contribution is 6.32. The van der Waals surface area contributed by atoms with Gasteiger partial charge in [-0.05, 0) is 49.2 Å². The van der Waals surface area contributed by atoms with E-state index in [1.165, 1.54) is 0 Å². The van der Waals surface area contributed by atoms with Crippen molar-refractivity contribution in [1.82, 2.24) is 0 Å². The summed E-state index contributed by atoms with van der Waals surface area (Å²) < 4.78 is 5.89. The second kappa shape index (κ2) is 7.73. The Bertz CT molecular complexity index is 647. The summed E-state index contributed by atoms with van der Waals surface area (Å²) in [6.45, 7) is 4.38. The van der Waals surface area contributed by atoms with Crippen LogP contribution >= 0.6 is 23.2 Å². The predicted molar refractivity (Wildman–Crippen MR) is 92.7 cm³/mol. The number of rotatable bonds is 6. The summed E-state index contributed by atoms with van der Waals surface area (Å²) in [6.07, 6.45) is -0.591.